The Morgan fingerprint density at radius 2 is 1.79 bits per heavy atom. The van der Waals surface area contributed by atoms with Gasteiger partial charge in [0.15, 0.2) is 5.96 Å². The molecule has 0 bridgehead atoms. The van der Waals surface area contributed by atoms with Crippen molar-refractivity contribution in [3.05, 3.63) is 35.4 Å². The van der Waals surface area contributed by atoms with Crippen LogP contribution < -0.4 is 10.6 Å². The first-order chi connectivity index (χ1) is 11.4. The van der Waals surface area contributed by atoms with Gasteiger partial charge in [0.25, 0.3) is 0 Å². The highest BCUT2D eigenvalue weighted by Crippen LogP contribution is 2.20. The SMILES string of the molecule is CCNC(=NCc1ccccc1COC)NCC(OC)C(C)(C)C. The average molecular weight is 335 g/mol. The van der Waals surface area contributed by atoms with Gasteiger partial charge >= 0.3 is 0 Å². The lowest BCUT2D eigenvalue weighted by molar-refractivity contribution is 0.0205. The second kappa shape index (κ2) is 10.3. The normalized spacial score (nSPS) is 13.7. The summed E-state index contributed by atoms with van der Waals surface area (Å²) in [4.78, 5) is 4.70. The molecule has 0 amide bonds. The molecule has 1 unspecified atom stereocenters. The minimum Gasteiger partial charge on any atom is -0.380 e. The molecule has 5 nitrogen and oxygen atoms in total. The number of ether oxygens (including phenoxy) is 2. The third-order valence-corrected chi connectivity index (χ3v) is 3.88. The lowest BCUT2D eigenvalue weighted by Gasteiger charge is -2.30. The van der Waals surface area contributed by atoms with E-state index in [0.717, 1.165) is 12.5 Å². The van der Waals surface area contributed by atoms with Gasteiger partial charge in [0.2, 0.25) is 0 Å². The van der Waals surface area contributed by atoms with Crippen LogP contribution in [-0.4, -0.2) is 39.4 Å². The minimum absolute atomic E-state index is 0.0736. The van der Waals surface area contributed by atoms with Crippen LogP contribution in [0.2, 0.25) is 0 Å². The van der Waals surface area contributed by atoms with Gasteiger partial charge in [-0.1, -0.05) is 45.0 Å². The summed E-state index contributed by atoms with van der Waals surface area (Å²) in [6.07, 6.45) is 0.113. The smallest absolute Gasteiger partial charge is 0.191 e. The molecule has 0 fully saturated rings. The number of rotatable bonds is 8. The van der Waals surface area contributed by atoms with Gasteiger partial charge in [0, 0.05) is 27.3 Å². The third kappa shape index (κ3) is 6.89. The van der Waals surface area contributed by atoms with Crippen LogP contribution in [0, 0.1) is 5.41 Å². The van der Waals surface area contributed by atoms with E-state index < -0.39 is 0 Å². The zero-order valence-electron chi connectivity index (χ0n) is 16.0. The second-order valence-electron chi connectivity index (χ2n) is 6.87. The molecule has 0 aliphatic carbocycles. The molecular formula is C19H33N3O2. The number of aliphatic imine (C=N–C) groups is 1. The van der Waals surface area contributed by atoms with E-state index in [4.69, 9.17) is 14.5 Å². The van der Waals surface area contributed by atoms with Crippen molar-refractivity contribution in [1.29, 1.82) is 0 Å². The molecule has 1 atom stereocenters. The Balaban J connectivity index is 2.75. The van der Waals surface area contributed by atoms with E-state index in [1.165, 1.54) is 11.1 Å². The monoisotopic (exact) mass is 335 g/mol. The Hall–Kier alpha value is -1.59. The molecule has 0 aliphatic heterocycles. The molecule has 136 valence electrons. The van der Waals surface area contributed by atoms with Gasteiger partial charge < -0.3 is 20.1 Å². The van der Waals surface area contributed by atoms with Crippen molar-refractivity contribution in [2.45, 2.75) is 47.0 Å². The highest BCUT2D eigenvalue weighted by atomic mass is 16.5. The van der Waals surface area contributed by atoms with E-state index >= 15 is 0 Å². The largest absolute Gasteiger partial charge is 0.380 e. The summed E-state index contributed by atoms with van der Waals surface area (Å²) in [6.45, 7) is 11.3. The molecule has 1 aromatic rings. The van der Waals surface area contributed by atoms with Gasteiger partial charge in [-0.3, -0.25) is 0 Å². The Bertz CT molecular complexity index is 510. The van der Waals surface area contributed by atoms with Crippen molar-refractivity contribution in [1.82, 2.24) is 10.6 Å². The van der Waals surface area contributed by atoms with Gasteiger partial charge in [0.05, 0.1) is 19.3 Å². The molecule has 5 heteroatoms. The minimum atomic E-state index is 0.0736. The second-order valence-corrected chi connectivity index (χ2v) is 6.87. The first kappa shape index (κ1) is 20.5. The van der Waals surface area contributed by atoms with Crippen LogP contribution in [0.25, 0.3) is 0 Å². The van der Waals surface area contributed by atoms with Crippen LogP contribution in [0.5, 0.6) is 0 Å². The van der Waals surface area contributed by atoms with Crippen molar-refractivity contribution in [3.63, 3.8) is 0 Å². The van der Waals surface area contributed by atoms with Crippen LogP contribution in [0.3, 0.4) is 0 Å². The van der Waals surface area contributed by atoms with E-state index in [0.29, 0.717) is 19.7 Å². The Morgan fingerprint density at radius 1 is 1.12 bits per heavy atom. The molecule has 0 radical (unpaired) electrons. The number of methoxy groups -OCH3 is 2. The standard InChI is InChI=1S/C19H33N3O2/c1-7-20-18(22-13-17(24-6)19(2,3)4)21-12-15-10-8-9-11-16(15)14-23-5/h8-11,17H,7,12-14H2,1-6H3,(H2,20,21,22). The summed E-state index contributed by atoms with van der Waals surface area (Å²) in [7, 11) is 3.46. The van der Waals surface area contributed by atoms with Crippen molar-refractivity contribution in [2.75, 3.05) is 27.3 Å². The molecule has 0 spiro atoms. The molecule has 0 saturated carbocycles. The maximum atomic E-state index is 5.60. The van der Waals surface area contributed by atoms with E-state index in [1.54, 1.807) is 14.2 Å². The predicted octanol–water partition coefficient (Wildman–Crippen LogP) is 2.95. The maximum Gasteiger partial charge on any atom is 0.191 e. The van der Waals surface area contributed by atoms with Gasteiger partial charge in [0.1, 0.15) is 0 Å². The molecule has 1 aromatic carbocycles. The number of guanidine groups is 1. The predicted molar refractivity (Wildman–Crippen MR) is 100 cm³/mol. The van der Waals surface area contributed by atoms with Gasteiger partial charge in [-0.25, -0.2) is 4.99 Å². The Kier molecular flexibility index (Phi) is 8.79. The number of nitrogens with one attached hydrogen (secondary N) is 2. The lowest BCUT2D eigenvalue weighted by atomic mass is 9.89. The Morgan fingerprint density at radius 3 is 2.33 bits per heavy atom. The number of nitrogens with zero attached hydrogens (tertiary/aromatic N) is 1. The highest BCUT2D eigenvalue weighted by Gasteiger charge is 2.24. The summed E-state index contributed by atoms with van der Waals surface area (Å²) in [6, 6.07) is 8.23. The summed E-state index contributed by atoms with van der Waals surface area (Å²) < 4.78 is 10.9. The molecule has 0 saturated heterocycles. The molecule has 0 aromatic heterocycles. The molecule has 1 rings (SSSR count). The molecule has 0 heterocycles. The number of hydrogen-bond acceptors (Lipinski definition) is 3. The molecule has 24 heavy (non-hydrogen) atoms. The van der Waals surface area contributed by atoms with E-state index in [-0.39, 0.29) is 11.5 Å². The average Bonchev–Trinajstić information content (AvgIpc) is 2.53. The molecule has 2 N–H and O–H groups in total. The van der Waals surface area contributed by atoms with Gasteiger partial charge in [-0.05, 0) is 23.5 Å². The van der Waals surface area contributed by atoms with Crippen molar-refractivity contribution in [2.24, 2.45) is 10.4 Å². The summed E-state index contributed by atoms with van der Waals surface area (Å²) in [5, 5.41) is 6.67. The molecule has 0 aliphatic rings. The fourth-order valence-electron chi connectivity index (χ4n) is 2.45. The summed E-state index contributed by atoms with van der Waals surface area (Å²) >= 11 is 0. The fourth-order valence-corrected chi connectivity index (χ4v) is 2.45. The quantitative estimate of drug-likeness (QED) is 0.566. The first-order valence-electron chi connectivity index (χ1n) is 8.53. The van der Waals surface area contributed by atoms with Crippen molar-refractivity contribution >= 4 is 5.96 Å². The van der Waals surface area contributed by atoms with Crippen LogP contribution in [0.4, 0.5) is 0 Å². The lowest BCUT2D eigenvalue weighted by Crippen LogP contribution is -2.45. The van der Waals surface area contributed by atoms with E-state index in [9.17, 15) is 0 Å². The fraction of sp³-hybridized carbons (Fsp3) is 0.632. The van der Waals surface area contributed by atoms with Crippen LogP contribution in [0.1, 0.15) is 38.8 Å². The summed E-state index contributed by atoms with van der Waals surface area (Å²) in [5.41, 5.74) is 2.42. The van der Waals surface area contributed by atoms with Gasteiger partial charge in [-0.15, -0.1) is 0 Å². The van der Waals surface area contributed by atoms with Crippen LogP contribution in [-0.2, 0) is 22.6 Å². The maximum absolute atomic E-state index is 5.60. The van der Waals surface area contributed by atoms with Crippen LogP contribution >= 0.6 is 0 Å². The topological polar surface area (TPSA) is 54.9 Å². The van der Waals surface area contributed by atoms with Crippen molar-refractivity contribution in [3.8, 4) is 0 Å². The first-order valence-corrected chi connectivity index (χ1v) is 8.53. The van der Waals surface area contributed by atoms with Crippen molar-refractivity contribution < 1.29 is 9.47 Å². The third-order valence-electron chi connectivity index (χ3n) is 3.88. The van der Waals surface area contributed by atoms with E-state index in [2.05, 4.69) is 50.5 Å². The van der Waals surface area contributed by atoms with Crippen LogP contribution in [0.15, 0.2) is 29.3 Å². The molecular weight excluding hydrogens is 302 g/mol. The number of benzene rings is 1. The number of hydrogen-bond donors (Lipinski definition) is 2. The van der Waals surface area contributed by atoms with E-state index in [1.807, 2.05) is 12.1 Å². The van der Waals surface area contributed by atoms with Gasteiger partial charge in [-0.2, -0.15) is 0 Å². The Labute approximate surface area is 146 Å². The highest BCUT2D eigenvalue weighted by molar-refractivity contribution is 5.79. The zero-order valence-corrected chi connectivity index (χ0v) is 16.0. The summed E-state index contributed by atoms with van der Waals surface area (Å²) in [5.74, 6) is 0.802. The zero-order chi connectivity index (χ0) is 18.0.